The molecule has 1 aliphatic heterocycles. The van der Waals surface area contributed by atoms with E-state index >= 15 is 0 Å². The van der Waals surface area contributed by atoms with Gasteiger partial charge in [0.15, 0.2) is 5.96 Å². The summed E-state index contributed by atoms with van der Waals surface area (Å²) in [5, 5.41) is 3.06. The number of hydrogen-bond acceptors (Lipinski definition) is 2. The van der Waals surface area contributed by atoms with Crippen molar-refractivity contribution in [3.05, 3.63) is 40.1 Å². The van der Waals surface area contributed by atoms with Crippen molar-refractivity contribution in [3.63, 3.8) is 0 Å². The van der Waals surface area contributed by atoms with Crippen molar-refractivity contribution in [2.24, 2.45) is 10.7 Å². The molecule has 0 saturated heterocycles. The quantitative estimate of drug-likeness (QED) is 0.509. The summed E-state index contributed by atoms with van der Waals surface area (Å²) in [4.78, 5) is 4.14. The van der Waals surface area contributed by atoms with Crippen molar-refractivity contribution in [3.8, 4) is 5.75 Å². The van der Waals surface area contributed by atoms with E-state index in [0.717, 1.165) is 11.1 Å². The van der Waals surface area contributed by atoms with Crippen LogP contribution in [0.2, 0.25) is 0 Å². The molecule has 0 spiro atoms. The second-order valence-corrected chi connectivity index (χ2v) is 5.32. The van der Waals surface area contributed by atoms with Gasteiger partial charge in [0.2, 0.25) is 0 Å². The Hall–Kier alpha value is -1.56. The monoisotopic (exact) mass is 327 g/mol. The van der Waals surface area contributed by atoms with Crippen molar-refractivity contribution < 1.29 is 9.13 Å². The highest BCUT2D eigenvalue weighted by Crippen LogP contribution is 2.35. The summed E-state index contributed by atoms with van der Waals surface area (Å²) in [6.07, 6.45) is 0. The zero-order chi connectivity index (χ0) is 14.0. The van der Waals surface area contributed by atoms with Crippen LogP contribution in [0.25, 0.3) is 0 Å². The predicted molar refractivity (Wildman–Crippen MR) is 76.8 cm³/mol. The van der Waals surface area contributed by atoms with Gasteiger partial charge in [-0.15, -0.1) is 0 Å². The van der Waals surface area contributed by atoms with E-state index in [1.54, 1.807) is 6.07 Å². The molecule has 1 unspecified atom stereocenters. The van der Waals surface area contributed by atoms with Crippen molar-refractivity contribution >= 4 is 21.9 Å². The summed E-state index contributed by atoms with van der Waals surface area (Å²) < 4.78 is 19.2. The van der Waals surface area contributed by atoms with Crippen LogP contribution in [-0.2, 0) is 0 Å². The Morgan fingerprint density at radius 1 is 1.68 bits per heavy atom. The maximum Gasteiger partial charge on any atom is 0.189 e. The van der Waals surface area contributed by atoms with Gasteiger partial charge in [-0.2, -0.15) is 0 Å². The Labute approximate surface area is 119 Å². The molecule has 1 heterocycles. The normalized spacial score (nSPS) is 17.8. The maximum absolute atomic E-state index is 13.4. The Morgan fingerprint density at radius 3 is 3.11 bits per heavy atom. The van der Waals surface area contributed by atoms with Crippen molar-refractivity contribution in [1.82, 2.24) is 5.32 Å². The predicted octanol–water partition coefficient (Wildman–Crippen LogP) is 2.50. The summed E-state index contributed by atoms with van der Waals surface area (Å²) in [7, 11) is 0. The molecule has 3 N–H and O–H groups in total. The summed E-state index contributed by atoms with van der Waals surface area (Å²) >= 11 is 3.16. The van der Waals surface area contributed by atoms with Crippen LogP contribution < -0.4 is 15.8 Å². The fourth-order valence-electron chi connectivity index (χ4n) is 1.77. The number of guanidine groups is 1. The first-order valence-electron chi connectivity index (χ1n) is 5.80. The number of rotatable bonds is 3. The molecule has 0 bridgehead atoms. The minimum Gasteiger partial charge on any atom is -0.491 e. The molecule has 6 heteroatoms. The lowest BCUT2D eigenvalue weighted by Gasteiger charge is -2.12. The molecular weight excluding hydrogens is 313 g/mol. The smallest absolute Gasteiger partial charge is 0.189 e. The third kappa shape index (κ3) is 3.26. The van der Waals surface area contributed by atoms with E-state index in [0.29, 0.717) is 29.3 Å². The van der Waals surface area contributed by atoms with Gasteiger partial charge in [0.1, 0.15) is 18.2 Å². The summed E-state index contributed by atoms with van der Waals surface area (Å²) in [5.41, 5.74) is 7.57. The second-order valence-electron chi connectivity index (χ2n) is 4.47. The van der Waals surface area contributed by atoms with Crippen LogP contribution in [0.3, 0.4) is 0 Å². The first-order chi connectivity index (χ1) is 8.97. The number of fused-ring (bicyclic) bond motifs is 1. The summed E-state index contributed by atoms with van der Waals surface area (Å²) in [6, 6.07) is 2.93. The second kappa shape index (κ2) is 5.61. The molecule has 102 valence electrons. The maximum atomic E-state index is 13.4. The van der Waals surface area contributed by atoms with E-state index in [1.165, 1.54) is 6.07 Å². The molecule has 0 fully saturated rings. The van der Waals surface area contributed by atoms with Gasteiger partial charge < -0.3 is 15.8 Å². The lowest BCUT2D eigenvalue weighted by molar-refractivity contribution is 0.323. The van der Waals surface area contributed by atoms with Crippen molar-refractivity contribution in [2.45, 2.75) is 13.0 Å². The Morgan fingerprint density at radius 2 is 2.42 bits per heavy atom. The molecule has 0 aliphatic carbocycles. The fourth-order valence-corrected chi connectivity index (χ4v) is 2.13. The Balaban J connectivity index is 2.12. The molecule has 2 rings (SSSR count). The van der Waals surface area contributed by atoms with Crippen LogP contribution in [0.15, 0.2) is 33.7 Å². The van der Waals surface area contributed by atoms with Gasteiger partial charge >= 0.3 is 0 Å². The standard InChI is InChI=1S/C13H15BrFN3O/c1-7(2)5-17-13(16)18-11-6-19-12-4-10(15)9(14)3-8(11)12/h3-4,11H,1,5-6H2,2H3,(H3,16,17,18). The fraction of sp³-hybridized carbons (Fsp3) is 0.308. The molecule has 1 aromatic carbocycles. The van der Waals surface area contributed by atoms with Gasteiger partial charge in [0.05, 0.1) is 17.1 Å². The van der Waals surface area contributed by atoms with Gasteiger partial charge in [-0.1, -0.05) is 12.2 Å². The topological polar surface area (TPSA) is 59.6 Å². The molecule has 1 aliphatic rings. The number of nitrogens with one attached hydrogen (secondary N) is 1. The molecule has 0 saturated carbocycles. The van der Waals surface area contributed by atoms with Crippen LogP contribution in [0.1, 0.15) is 18.5 Å². The minimum atomic E-state index is -0.344. The average molecular weight is 328 g/mol. The van der Waals surface area contributed by atoms with E-state index in [-0.39, 0.29) is 11.9 Å². The number of halogens is 2. The van der Waals surface area contributed by atoms with E-state index in [2.05, 4.69) is 32.8 Å². The van der Waals surface area contributed by atoms with Crippen LogP contribution in [0.4, 0.5) is 4.39 Å². The van der Waals surface area contributed by atoms with Crippen LogP contribution in [-0.4, -0.2) is 19.1 Å². The van der Waals surface area contributed by atoms with Crippen LogP contribution in [0, 0.1) is 5.82 Å². The number of nitrogens with zero attached hydrogens (tertiary/aromatic N) is 1. The Kier molecular flexibility index (Phi) is 4.09. The van der Waals surface area contributed by atoms with Crippen LogP contribution >= 0.6 is 15.9 Å². The van der Waals surface area contributed by atoms with Gasteiger partial charge in [-0.25, -0.2) is 9.38 Å². The molecule has 0 aromatic heterocycles. The lowest BCUT2D eigenvalue weighted by atomic mass is 10.1. The van der Waals surface area contributed by atoms with E-state index in [9.17, 15) is 4.39 Å². The van der Waals surface area contributed by atoms with Gasteiger partial charge in [0.25, 0.3) is 0 Å². The molecule has 19 heavy (non-hydrogen) atoms. The summed E-state index contributed by atoms with van der Waals surface area (Å²) in [6.45, 7) is 6.51. The number of benzene rings is 1. The highest BCUT2D eigenvalue weighted by atomic mass is 79.9. The van der Waals surface area contributed by atoms with E-state index < -0.39 is 0 Å². The van der Waals surface area contributed by atoms with Crippen LogP contribution in [0.5, 0.6) is 5.75 Å². The number of nitrogens with two attached hydrogens (primary N) is 1. The van der Waals surface area contributed by atoms with Crippen molar-refractivity contribution in [1.29, 1.82) is 0 Å². The molecule has 1 aromatic rings. The highest BCUT2D eigenvalue weighted by Gasteiger charge is 2.26. The highest BCUT2D eigenvalue weighted by molar-refractivity contribution is 9.10. The average Bonchev–Trinajstić information content (AvgIpc) is 2.70. The Bertz CT molecular complexity index is 545. The third-order valence-corrected chi connectivity index (χ3v) is 3.28. The molecule has 0 radical (unpaired) electrons. The van der Waals surface area contributed by atoms with Crippen molar-refractivity contribution in [2.75, 3.05) is 13.2 Å². The first-order valence-corrected chi connectivity index (χ1v) is 6.59. The zero-order valence-corrected chi connectivity index (χ0v) is 12.1. The first kappa shape index (κ1) is 13.9. The van der Waals surface area contributed by atoms with Gasteiger partial charge in [-0.3, -0.25) is 0 Å². The minimum absolute atomic E-state index is 0.124. The number of hydrogen-bond donors (Lipinski definition) is 2. The van der Waals surface area contributed by atoms with E-state index in [4.69, 9.17) is 10.5 Å². The summed E-state index contributed by atoms with van der Waals surface area (Å²) in [5.74, 6) is 0.513. The SMILES string of the molecule is C=C(C)CN=C(N)NC1COc2cc(F)c(Br)cc21. The zero-order valence-electron chi connectivity index (χ0n) is 10.5. The molecular formula is C13H15BrFN3O. The van der Waals surface area contributed by atoms with E-state index in [1.807, 2.05) is 6.92 Å². The van der Waals surface area contributed by atoms with Gasteiger partial charge in [0, 0.05) is 11.6 Å². The lowest BCUT2D eigenvalue weighted by Crippen LogP contribution is -2.36. The molecule has 0 amide bonds. The number of aliphatic imine (C=N–C) groups is 1. The molecule has 1 atom stereocenters. The molecule has 4 nitrogen and oxygen atoms in total. The largest absolute Gasteiger partial charge is 0.491 e. The third-order valence-electron chi connectivity index (χ3n) is 2.68. The number of ether oxygens (including phenoxy) is 1. The van der Waals surface area contributed by atoms with Gasteiger partial charge in [-0.05, 0) is 28.9 Å².